The molecule has 0 saturated carbocycles. The van der Waals surface area contributed by atoms with Crippen molar-refractivity contribution in [3.05, 3.63) is 12.2 Å². The molecule has 0 radical (unpaired) electrons. The lowest BCUT2D eigenvalue weighted by Gasteiger charge is -2.13. The number of carboxylic acids is 1. The van der Waals surface area contributed by atoms with Crippen molar-refractivity contribution in [3.63, 3.8) is 0 Å². The highest BCUT2D eigenvalue weighted by atomic mass is 19.4. The average Bonchev–Trinajstić information content (AvgIpc) is 2.71. The van der Waals surface area contributed by atoms with Gasteiger partial charge in [-0.15, -0.1) is 0 Å². The predicted molar refractivity (Wildman–Crippen MR) is 60.5 cm³/mol. The van der Waals surface area contributed by atoms with Crippen LogP contribution in [-0.2, 0) is 4.79 Å². The standard InChI is InChI=1S/C11H15F3N2O3/c12-11(13,14)4-1-5-15-10(19)16-8-3-2-7(6-8)9(17)18/h2-3,7-8H,1,4-6H2,(H,17,18)(H2,15,16,19). The fourth-order valence-electron chi connectivity index (χ4n) is 1.70. The van der Waals surface area contributed by atoms with E-state index in [1.807, 2.05) is 0 Å². The molecule has 0 aliphatic heterocycles. The molecule has 0 aromatic rings. The Morgan fingerprint density at radius 1 is 1.32 bits per heavy atom. The molecule has 2 atom stereocenters. The van der Waals surface area contributed by atoms with E-state index in [1.54, 1.807) is 6.08 Å². The molecule has 3 N–H and O–H groups in total. The van der Waals surface area contributed by atoms with Gasteiger partial charge in [-0.2, -0.15) is 13.2 Å². The molecule has 0 saturated heterocycles. The van der Waals surface area contributed by atoms with Gasteiger partial charge in [-0.1, -0.05) is 12.2 Å². The van der Waals surface area contributed by atoms with Crippen LogP contribution in [0.25, 0.3) is 0 Å². The fourth-order valence-corrected chi connectivity index (χ4v) is 1.70. The molecule has 0 heterocycles. The average molecular weight is 280 g/mol. The SMILES string of the molecule is O=C(NCCCC(F)(F)F)NC1C=CC(C(=O)O)C1. The van der Waals surface area contributed by atoms with Crippen LogP contribution in [-0.4, -0.2) is 35.9 Å². The Morgan fingerprint density at radius 2 is 2.00 bits per heavy atom. The summed E-state index contributed by atoms with van der Waals surface area (Å²) in [5, 5.41) is 13.5. The molecule has 0 aromatic carbocycles. The fraction of sp³-hybridized carbons (Fsp3) is 0.636. The number of urea groups is 1. The van der Waals surface area contributed by atoms with Gasteiger partial charge >= 0.3 is 18.2 Å². The maximum atomic E-state index is 11.8. The molecule has 0 aromatic heterocycles. The number of nitrogens with one attached hydrogen (secondary N) is 2. The first kappa shape index (κ1) is 15.3. The highest BCUT2D eigenvalue weighted by molar-refractivity contribution is 5.76. The Labute approximate surface area is 107 Å². The van der Waals surface area contributed by atoms with Crippen molar-refractivity contribution in [1.82, 2.24) is 10.6 Å². The monoisotopic (exact) mass is 280 g/mol. The lowest BCUT2D eigenvalue weighted by molar-refractivity contribution is -0.140. The van der Waals surface area contributed by atoms with Crippen molar-refractivity contribution >= 4 is 12.0 Å². The van der Waals surface area contributed by atoms with Crippen molar-refractivity contribution in [2.45, 2.75) is 31.5 Å². The zero-order valence-corrected chi connectivity index (χ0v) is 10.0. The summed E-state index contributed by atoms with van der Waals surface area (Å²) in [6.07, 6.45) is -2.05. The van der Waals surface area contributed by atoms with E-state index in [0.717, 1.165) is 0 Å². The molecule has 0 bridgehead atoms. The molecule has 2 amide bonds. The normalized spacial score (nSPS) is 22.3. The van der Waals surface area contributed by atoms with E-state index in [9.17, 15) is 22.8 Å². The first-order valence-corrected chi connectivity index (χ1v) is 5.80. The number of alkyl halides is 3. The van der Waals surface area contributed by atoms with Crippen LogP contribution in [0.2, 0.25) is 0 Å². The molecule has 19 heavy (non-hydrogen) atoms. The van der Waals surface area contributed by atoms with Gasteiger partial charge < -0.3 is 15.7 Å². The van der Waals surface area contributed by atoms with E-state index in [4.69, 9.17) is 5.11 Å². The Bertz CT molecular complexity index is 369. The highest BCUT2D eigenvalue weighted by Gasteiger charge is 2.27. The summed E-state index contributed by atoms with van der Waals surface area (Å²) in [5.41, 5.74) is 0. The number of halogens is 3. The summed E-state index contributed by atoms with van der Waals surface area (Å²) in [6, 6.07) is -0.994. The lowest BCUT2D eigenvalue weighted by atomic mass is 10.1. The Morgan fingerprint density at radius 3 is 2.53 bits per heavy atom. The summed E-state index contributed by atoms with van der Waals surface area (Å²) >= 11 is 0. The Balaban J connectivity index is 2.16. The van der Waals surface area contributed by atoms with E-state index >= 15 is 0 Å². The summed E-state index contributed by atoms with van der Waals surface area (Å²) in [4.78, 5) is 22.0. The van der Waals surface area contributed by atoms with Crippen LogP contribution in [0.15, 0.2) is 12.2 Å². The number of aliphatic carboxylic acids is 1. The van der Waals surface area contributed by atoms with Crippen molar-refractivity contribution < 1.29 is 27.9 Å². The summed E-state index contributed by atoms with van der Waals surface area (Å²) in [7, 11) is 0. The molecule has 0 fully saturated rings. The number of carbonyl (C=O) groups is 2. The molecular formula is C11H15F3N2O3. The van der Waals surface area contributed by atoms with Crippen LogP contribution in [0.1, 0.15) is 19.3 Å². The first-order valence-electron chi connectivity index (χ1n) is 5.80. The molecule has 2 unspecified atom stereocenters. The van der Waals surface area contributed by atoms with Crippen LogP contribution in [0.4, 0.5) is 18.0 Å². The van der Waals surface area contributed by atoms with Gasteiger partial charge in [-0.3, -0.25) is 4.79 Å². The molecule has 5 nitrogen and oxygen atoms in total. The summed E-state index contributed by atoms with van der Waals surface area (Å²) in [5.74, 6) is -1.60. The van der Waals surface area contributed by atoms with E-state index in [1.165, 1.54) is 6.08 Å². The van der Waals surface area contributed by atoms with Crippen LogP contribution in [0.3, 0.4) is 0 Å². The van der Waals surface area contributed by atoms with Crippen LogP contribution in [0.5, 0.6) is 0 Å². The number of rotatable bonds is 5. The molecule has 108 valence electrons. The van der Waals surface area contributed by atoms with E-state index in [-0.39, 0.29) is 19.4 Å². The third-order valence-corrected chi connectivity index (χ3v) is 2.64. The minimum Gasteiger partial charge on any atom is -0.481 e. The van der Waals surface area contributed by atoms with Gasteiger partial charge in [0.15, 0.2) is 0 Å². The molecular weight excluding hydrogens is 265 g/mol. The molecule has 8 heteroatoms. The predicted octanol–water partition coefficient (Wildman–Crippen LogP) is 1.66. The smallest absolute Gasteiger partial charge is 0.389 e. The van der Waals surface area contributed by atoms with Gasteiger partial charge in [0.05, 0.1) is 12.0 Å². The second-order valence-electron chi connectivity index (χ2n) is 4.29. The van der Waals surface area contributed by atoms with Crippen molar-refractivity contribution in [2.75, 3.05) is 6.54 Å². The second-order valence-corrected chi connectivity index (χ2v) is 4.29. The van der Waals surface area contributed by atoms with Crippen LogP contribution >= 0.6 is 0 Å². The quantitative estimate of drug-likeness (QED) is 0.529. The lowest BCUT2D eigenvalue weighted by Crippen LogP contribution is -2.41. The number of carbonyl (C=O) groups excluding carboxylic acids is 1. The Kier molecular flexibility index (Phi) is 5.20. The van der Waals surface area contributed by atoms with Gasteiger partial charge in [0.25, 0.3) is 0 Å². The maximum Gasteiger partial charge on any atom is 0.389 e. The highest BCUT2D eigenvalue weighted by Crippen LogP contribution is 2.20. The van der Waals surface area contributed by atoms with Gasteiger partial charge in [0.2, 0.25) is 0 Å². The minimum atomic E-state index is -4.22. The van der Waals surface area contributed by atoms with Crippen LogP contribution in [0, 0.1) is 5.92 Å². The molecule has 0 spiro atoms. The first-order chi connectivity index (χ1) is 8.78. The molecule has 1 aliphatic carbocycles. The topological polar surface area (TPSA) is 78.4 Å². The molecule has 1 aliphatic rings. The largest absolute Gasteiger partial charge is 0.481 e. The van der Waals surface area contributed by atoms with Crippen LogP contribution < -0.4 is 10.6 Å². The maximum absolute atomic E-state index is 11.8. The van der Waals surface area contributed by atoms with E-state index in [0.29, 0.717) is 0 Å². The van der Waals surface area contributed by atoms with Gasteiger partial charge in [-0.25, -0.2) is 4.79 Å². The van der Waals surface area contributed by atoms with E-state index < -0.39 is 36.6 Å². The Hall–Kier alpha value is -1.73. The number of amides is 2. The zero-order valence-electron chi connectivity index (χ0n) is 10.0. The van der Waals surface area contributed by atoms with Crippen molar-refractivity contribution in [3.8, 4) is 0 Å². The minimum absolute atomic E-state index is 0.0792. The second kappa shape index (κ2) is 6.44. The van der Waals surface area contributed by atoms with Gasteiger partial charge in [0.1, 0.15) is 0 Å². The van der Waals surface area contributed by atoms with Crippen molar-refractivity contribution in [2.24, 2.45) is 5.92 Å². The number of hydrogen-bond acceptors (Lipinski definition) is 2. The summed E-state index contributed by atoms with van der Waals surface area (Å²) in [6.45, 7) is -0.0792. The van der Waals surface area contributed by atoms with Gasteiger partial charge in [-0.05, 0) is 12.8 Å². The van der Waals surface area contributed by atoms with E-state index in [2.05, 4.69) is 10.6 Å². The zero-order chi connectivity index (χ0) is 14.5. The third kappa shape index (κ3) is 6.12. The number of hydrogen-bond donors (Lipinski definition) is 3. The number of carboxylic acid groups (broad SMARTS) is 1. The van der Waals surface area contributed by atoms with Crippen molar-refractivity contribution in [1.29, 1.82) is 0 Å². The van der Waals surface area contributed by atoms with Gasteiger partial charge in [0, 0.05) is 13.0 Å². The third-order valence-electron chi connectivity index (χ3n) is 2.64. The molecule has 1 rings (SSSR count). The summed E-state index contributed by atoms with van der Waals surface area (Å²) < 4.78 is 35.5.